The first-order valence-corrected chi connectivity index (χ1v) is 13.4. The highest BCUT2D eigenvalue weighted by Gasteiger charge is 2.15. The summed E-state index contributed by atoms with van der Waals surface area (Å²) in [6, 6.07) is 55.1. The van der Waals surface area contributed by atoms with Crippen LogP contribution in [0.3, 0.4) is 0 Å². The van der Waals surface area contributed by atoms with Gasteiger partial charge in [-0.05, 0) is 80.2 Å². The van der Waals surface area contributed by atoms with Crippen LogP contribution >= 0.6 is 0 Å². The Labute approximate surface area is 227 Å². The fourth-order valence-electron chi connectivity index (χ4n) is 6.05. The number of hydrogen-bond acceptors (Lipinski definition) is 0. The largest absolute Gasteiger partial charge is 0.309 e. The average Bonchev–Trinajstić information content (AvgIpc) is 3.34. The molecule has 0 aliphatic heterocycles. The quantitative estimate of drug-likeness (QED) is 0.215. The molecule has 0 amide bonds. The van der Waals surface area contributed by atoms with Crippen LogP contribution in [0.5, 0.6) is 0 Å². The van der Waals surface area contributed by atoms with E-state index in [1.165, 1.54) is 71.3 Å². The Morgan fingerprint density at radius 3 is 1.44 bits per heavy atom. The van der Waals surface area contributed by atoms with E-state index in [0.29, 0.717) is 0 Å². The zero-order valence-electron chi connectivity index (χ0n) is 21.4. The third-order valence-electron chi connectivity index (χ3n) is 7.97. The SMILES string of the molecule is c1ccc(-c2ccc3c(c2)c2cc(-c4ccccc4)ccc2n3-c2ccc3ccc4ccccc4c3c2)cc1. The summed E-state index contributed by atoms with van der Waals surface area (Å²) in [6.45, 7) is 0. The van der Waals surface area contributed by atoms with Crippen molar-refractivity contribution in [1.82, 2.24) is 4.57 Å². The highest BCUT2D eigenvalue weighted by Crippen LogP contribution is 2.38. The lowest BCUT2D eigenvalue weighted by Crippen LogP contribution is -1.94. The van der Waals surface area contributed by atoms with E-state index in [1.807, 2.05) is 0 Å². The average molecular weight is 496 g/mol. The van der Waals surface area contributed by atoms with E-state index in [1.54, 1.807) is 0 Å². The van der Waals surface area contributed by atoms with Crippen molar-refractivity contribution < 1.29 is 0 Å². The van der Waals surface area contributed by atoms with Crippen LogP contribution in [0.4, 0.5) is 0 Å². The Balaban J connectivity index is 1.43. The van der Waals surface area contributed by atoms with Gasteiger partial charge in [0.25, 0.3) is 0 Å². The molecule has 0 saturated heterocycles. The molecule has 1 nitrogen and oxygen atoms in total. The van der Waals surface area contributed by atoms with Gasteiger partial charge in [-0.1, -0.05) is 115 Å². The molecule has 1 aromatic heterocycles. The van der Waals surface area contributed by atoms with E-state index in [9.17, 15) is 0 Å². The first kappa shape index (κ1) is 21.9. The Morgan fingerprint density at radius 2 is 0.821 bits per heavy atom. The summed E-state index contributed by atoms with van der Waals surface area (Å²) in [4.78, 5) is 0. The van der Waals surface area contributed by atoms with Gasteiger partial charge >= 0.3 is 0 Å². The summed E-state index contributed by atoms with van der Waals surface area (Å²) in [6.07, 6.45) is 0. The van der Waals surface area contributed by atoms with Crippen LogP contribution in [0.25, 0.3) is 71.3 Å². The zero-order chi connectivity index (χ0) is 25.8. The molecule has 0 atom stereocenters. The summed E-state index contributed by atoms with van der Waals surface area (Å²) >= 11 is 0. The first-order valence-electron chi connectivity index (χ1n) is 13.4. The van der Waals surface area contributed by atoms with Crippen LogP contribution in [0.2, 0.25) is 0 Å². The number of aromatic nitrogens is 1. The number of rotatable bonds is 3. The van der Waals surface area contributed by atoms with Crippen molar-refractivity contribution >= 4 is 43.4 Å². The van der Waals surface area contributed by atoms with E-state index in [4.69, 9.17) is 0 Å². The van der Waals surface area contributed by atoms with Crippen molar-refractivity contribution in [2.24, 2.45) is 0 Å². The maximum absolute atomic E-state index is 2.43. The molecule has 0 N–H and O–H groups in total. The minimum absolute atomic E-state index is 1.18. The second-order valence-corrected chi connectivity index (χ2v) is 10.2. The van der Waals surface area contributed by atoms with Gasteiger partial charge in [-0.3, -0.25) is 0 Å². The zero-order valence-corrected chi connectivity index (χ0v) is 21.4. The molecular formula is C38H25N. The van der Waals surface area contributed by atoms with Gasteiger partial charge in [0, 0.05) is 16.5 Å². The Hall–Kier alpha value is -5.14. The van der Waals surface area contributed by atoms with Crippen molar-refractivity contribution in [3.05, 3.63) is 152 Å². The van der Waals surface area contributed by atoms with Gasteiger partial charge in [-0.15, -0.1) is 0 Å². The van der Waals surface area contributed by atoms with Gasteiger partial charge in [0.2, 0.25) is 0 Å². The summed E-state index contributed by atoms with van der Waals surface area (Å²) < 4.78 is 2.43. The van der Waals surface area contributed by atoms with Gasteiger partial charge < -0.3 is 4.57 Å². The molecule has 0 aliphatic carbocycles. The number of fused-ring (bicyclic) bond motifs is 6. The molecule has 0 unspecified atom stereocenters. The predicted molar refractivity (Wildman–Crippen MR) is 167 cm³/mol. The second kappa shape index (κ2) is 8.72. The molecule has 39 heavy (non-hydrogen) atoms. The maximum atomic E-state index is 2.43. The third kappa shape index (κ3) is 3.55. The standard InChI is InChI=1S/C38H25N/c1-3-9-26(10-4-1)30-18-21-37-35(23-30)36-24-31(27-11-5-2-6-12-27)19-22-38(36)39(37)32-20-17-29-16-15-28-13-7-8-14-33(28)34(29)25-32/h1-25H. The van der Waals surface area contributed by atoms with Gasteiger partial charge in [0.1, 0.15) is 0 Å². The smallest absolute Gasteiger partial charge is 0.0541 e. The van der Waals surface area contributed by atoms with Crippen molar-refractivity contribution in [1.29, 1.82) is 0 Å². The van der Waals surface area contributed by atoms with E-state index in [-0.39, 0.29) is 0 Å². The van der Waals surface area contributed by atoms with Gasteiger partial charge in [-0.2, -0.15) is 0 Å². The van der Waals surface area contributed by atoms with Crippen LogP contribution < -0.4 is 0 Å². The minimum atomic E-state index is 1.18. The highest BCUT2D eigenvalue weighted by molar-refractivity contribution is 6.13. The van der Waals surface area contributed by atoms with Crippen molar-refractivity contribution in [2.75, 3.05) is 0 Å². The highest BCUT2D eigenvalue weighted by atomic mass is 15.0. The minimum Gasteiger partial charge on any atom is -0.309 e. The molecule has 0 bridgehead atoms. The molecule has 1 heteroatoms. The lowest BCUT2D eigenvalue weighted by atomic mass is 10.0. The summed E-state index contributed by atoms with van der Waals surface area (Å²) in [5.74, 6) is 0. The van der Waals surface area contributed by atoms with Crippen molar-refractivity contribution in [2.45, 2.75) is 0 Å². The normalized spacial score (nSPS) is 11.6. The second-order valence-electron chi connectivity index (χ2n) is 10.2. The Bertz CT molecular complexity index is 2050. The van der Waals surface area contributed by atoms with Gasteiger partial charge in [0.15, 0.2) is 0 Å². The van der Waals surface area contributed by atoms with E-state index >= 15 is 0 Å². The molecule has 182 valence electrons. The van der Waals surface area contributed by atoms with Crippen LogP contribution in [0, 0.1) is 0 Å². The van der Waals surface area contributed by atoms with Crippen LogP contribution in [0.1, 0.15) is 0 Å². The summed E-state index contributed by atoms with van der Waals surface area (Å²) in [5, 5.41) is 7.63. The molecule has 8 rings (SSSR count). The predicted octanol–water partition coefficient (Wildman–Crippen LogP) is 10.4. The first-order chi connectivity index (χ1) is 19.3. The topological polar surface area (TPSA) is 4.93 Å². The molecule has 0 aliphatic rings. The monoisotopic (exact) mass is 495 g/mol. The van der Waals surface area contributed by atoms with E-state index in [0.717, 1.165) is 0 Å². The number of benzene rings is 7. The van der Waals surface area contributed by atoms with Crippen LogP contribution in [0.15, 0.2) is 152 Å². The van der Waals surface area contributed by atoms with E-state index < -0.39 is 0 Å². The third-order valence-corrected chi connectivity index (χ3v) is 7.97. The fraction of sp³-hybridized carbons (Fsp3) is 0. The van der Waals surface area contributed by atoms with Crippen LogP contribution in [-0.4, -0.2) is 4.57 Å². The fourth-order valence-corrected chi connectivity index (χ4v) is 6.05. The van der Waals surface area contributed by atoms with Crippen LogP contribution in [-0.2, 0) is 0 Å². The van der Waals surface area contributed by atoms with E-state index in [2.05, 4.69) is 156 Å². The molecule has 7 aromatic carbocycles. The lowest BCUT2D eigenvalue weighted by Gasteiger charge is -2.11. The van der Waals surface area contributed by atoms with Gasteiger partial charge in [-0.25, -0.2) is 0 Å². The lowest BCUT2D eigenvalue weighted by molar-refractivity contribution is 1.19. The summed E-state index contributed by atoms with van der Waals surface area (Å²) in [5.41, 5.74) is 8.55. The molecule has 0 saturated carbocycles. The molecule has 0 fully saturated rings. The summed E-state index contributed by atoms with van der Waals surface area (Å²) in [7, 11) is 0. The van der Waals surface area contributed by atoms with Crippen molar-refractivity contribution in [3.63, 3.8) is 0 Å². The Kier molecular flexibility index (Phi) is 4.89. The van der Waals surface area contributed by atoms with Crippen molar-refractivity contribution in [3.8, 4) is 27.9 Å². The molecule has 0 radical (unpaired) electrons. The molecule has 1 heterocycles. The number of hydrogen-bond donors (Lipinski definition) is 0. The Morgan fingerprint density at radius 1 is 0.308 bits per heavy atom. The maximum Gasteiger partial charge on any atom is 0.0541 e. The molecule has 0 spiro atoms. The number of nitrogens with zero attached hydrogens (tertiary/aromatic N) is 1. The van der Waals surface area contributed by atoms with Gasteiger partial charge in [0.05, 0.1) is 11.0 Å². The molecule has 8 aromatic rings. The molecular weight excluding hydrogens is 470 g/mol.